The normalized spacial score (nSPS) is 10.2. The van der Waals surface area contributed by atoms with Crippen LogP contribution >= 0.6 is 0 Å². The number of aryl methyl sites for hydroxylation is 2. The van der Waals surface area contributed by atoms with Crippen molar-refractivity contribution >= 4 is 5.82 Å². The van der Waals surface area contributed by atoms with Gasteiger partial charge in [0.1, 0.15) is 17.7 Å². The molecule has 102 valence electrons. The van der Waals surface area contributed by atoms with Gasteiger partial charge >= 0.3 is 0 Å². The van der Waals surface area contributed by atoms with E-state index in [1.54, 1.807) is 6.07 Å². The Morgan fingerprint density at radius 3 is 2.70 bits per heavy atom. The summed E-state index contributed by atoms with van der Waals surface area (Å²) in [5.41, 5.74) is 3.18. The molecule has 4 heteroatoms. The van der Waals surface area contributed by atoms with Crippen molar-refractivity contribution in [1.82, 2.24) is 4.98 Å². The van der Waals surface area contributed by atoms with Crippen LogP contribution in [0.4, 0.5) is 10.2 Å². The van der Waals surface area contributed by atoms with Crippen LogP contribution in [0.1, 0.15) is 22.4 Å². The first-order chi connectivity index (χ1) is 9.51. The van der Waals surface area contributed by atoms with E-state index in [0.717, 1.165) is 16.8 Å². The second-order valence-corrected chi connectivity index (χ2v) is 4.88. The molecule has 0 amide bonds. The maximum atomic E-state index is 13.2. The third-order valence-corrected chi connectivity index (χ3v) is 3.11. The standard InChI is InChI=1S/C16H16FN3/c1-11-7-12(2)19-16(15(11)9-18)20(3)10-13-5-4-6-14(17)8-13/h4-8H,10H2,1-3H3. The average molecular weight is 269 g/mol. The Hall–Kier alpha value is -2.41. The van der Waals surface area contributed by atoms with E-state index in [4.69, 9.17) is 0 Å². The highest BCUT2D eigenvalue weighted by molar-refractivity contribution is 5.57. The van der Waals surface area contributed by atoms with Crippen molar-refractivity contribution in [2.45, 2.75) is 20.4 Å². The van der Waals surface area contributed by atoms with Crippen LogP contribution in [0.5, 0.6) is 0 Å². The van der Waals surface area contributed by atoms with Crippen molar-refractivity contribution in [1.29, 1.82) is 5.26 Å². The van der Waals surface area contributed by atoms with Crippen molar-refractivity contribution in [3.05, 3.63) is 58.5 Å². The number of nitriles is 1. The number of aromatic nitrogens is 1. The molecule has 0 bridgehead atoms. The molecule has 0 fully saturated rings. The maximum absolute atomic E-state index is 13.2. The number of pyridine rings is 1. The molecule has 0 spiro atoms. The Bertz CT molecular complexity index is 674. The number of hydrogen-bond donors (Lipinski definition) is 0. The van der Waals surface area contributed by atoms with E-state index in [2.05, 4.69) is 11.1 Å². The molecule has 1 aromatic carbocycles. The SMILES string of the molecule is Cc1cc(C)c(C#N)c(N(C)Cc2cccc(F)c2)n1. The van der Waals surface area contributed by atoms with Gasteiger partial charge in [0.25, 0.3) is 0 Å². The summed E-state index contributed by atoms with van der Waals surface area (Å²) < 4.78 is 13.2. The molecule has 3 nitrogen and oxygen atoms in total. The molecule has 0 radical (unpaired) electrons. The second-order valence-electron chi connectivity index (χ2n) is 4.88. The van der Waals surface area contributed by atoms with Crippen molar-refractivity contribution in [3.8, 4) is 6.07 Å². The highest BCUT2D eigenvalue weighted by atomic mass is 19.1. The highest BCUT2D eigenvalue weighted by Gasteiger charge is 2.13. The topological polar surface area (TPSA) is 39.9 Å². The summed E-state index contributed by atoms with van der Waals surface area (Å²) in [5, 5.41) is 9.27. The van der Waals surface area contributed by atoms with Crippen LogP contribution < -0.4 is 4.90 Å². The molecule has 0 saturated heterocycles. The third-order valence-electron chi connectivity index (χ3n) is 3.11. The number of anilines is 1. The first-order valence-corrected chi connectivity index (χ1v) is 6.35. The van der Waals surface area contributed by atoms with Gasteiger partial charge in [-0.3, -0.25) is 0 Å². The highest BCUT2D eigenvalue weighted by Crippen LogP contribution is 2.22. The molecule has 0 aliphatic rings. The molecule has 0 aliphatic heterocycles. The van der Waals surface area contributed by atoms with Gasteiger partial charge in [-0.25, -0.2) is 9.37 Å². The van der Waals surface area contributed by atoms with Crippen molar-refractivity contribution < 1.29 is 4.39 Å². The number of benzene rings is 1. The summed E-state index contributed by atoms with van der Waals surface area (Å²) in [5.74, 6) is 0.374. The smallest absolute Gasteiger partial charge is 0.147 e. The van der Waals surface area contributed by atoms with E-state index in [9.17, 15) is 9.65 Å². The summed E-state index contributed by atoms with van der Waals surface area (Å²) in [6, 6.07) is 10.5. The molecule has 20 heavy (non-hydrogen) atoms. The zero-order valence-corrected chi connectivity index (χ0v) is 11.8. The summed E-state index contributed by atoms with van der Waals surface area (Å²) in [6.45, 7) is 4.29. The fourth-order valence-corrected chi connectivity index (χ4v) is 2.22. The molecule has 0 aliphatic carbocycles. The maximum Gasteiger partial charge on any atom is 0.147 e. The van der Waals surface area contributed by atoms with E-state index >= 15 is 0 Å². The lowest BCUT2D eigenvalue weighted by Crippen LogP contribution is -2.20. The third kappa shape index (κ3) is 2.94. The Balaban J connectivity index is 2.34. The predicted molar refractivity (Wildman–Crippen MR) is 76.9 cm³/mol. The van der Waals surface area contributed by atoms with Gasteiger partial charge in [0.2, 0.25) is 0 Å². The minimum atomic E-state index is -0.259. The Morgan fingerprint density at radius 1 is 1.30 bits per heavy atom. The Morgan fingerprint density at radius 2 is 2.05 bits per heavy atom. The van der Waals surface area contributed by atoms with Crippen LogP contribution in [0.3, 0.4) is 0 Å². The lowest BCUT2D eigenvalue weighted by Gasteiger charge is -2.21. The molecule has 2 rings (SSSR count). The second kappa shape index (κ2) is 5.70. The molecular weight excluding hydrogens is 253 g/mol. The lowest BCUT2D eigenvalue weighted by atomic mass is 10.1. The fraction of sp³-hybridized carbons (Fsp3) is 0.250. The molecule has 1 aromatic heterocycles. The van der Waals surface area contributed by atoms with Crippen LogP contribution in [0.15, 0.2) is 30.3 Å². The van der Waals surface area contributed by atoms with Crippen LogP contribution in [-0.2, 0) is 6.54 Å². The van der Waals surface area contributed by atoms with Crippen LogP contribution in [0, 0.1) is 31.0 Å². The van der Waals surface area contributed by atoms with Gasteiger partial charge in [-0.1, -0.05) is 12.1 Å². The molecule has 0 saturated carbocycles. The van der Waals surface area contributed by atoms with E-state index in [1.807, 2.05) is 37.9 Å². The van der Waals surface area contributed by atoms with Crippen molar-refractivity contribution in [2.75, 3.05) is 11.9 Å². The van der Waals surface area contributed by atoms with E-state index in [1.165, 1.54) is 12.1 Å². The average Bonchev–Trinajstić information content (AvgIpc) is 2.37. The molecule has 0 atom stereocenters. The molecule has 0 N–H and O–H groups in total. The van der Waals surface area contributed by atoms with Gasteiger partial charge in [-0.15, -0.1) is 0 Å². The van der Waals surface area contributed by atoms with Crippen LogP contribution in [-0.4, -0.2) is 12.0 Å². The molecule has 0 unspecified atom stereocenters. The number of rotatable bonds is 3. The van der Waals surface area contributed by atoms with Crippen molar-refractivity contribution in [2.24, 2.45) is 0 Å². The van der Waals surface area contributed by atoms with Crippen molar-refractivity contribution in [3.63, 3.8) is 0 Å². The first-order valence-electron chi connectivity index (χ1n) is 6.35. The fourth-order valence-electron chi connectivity index (χ4n) is 2.22. The van der Waals surface area contributed by atoms with Crippen LogP contribution in [0.25, 0.3) is 0 Å². The Kier molecular flexibility index (Phi) is 3.99. The zero-order valence-electron chi connectivity index (χ0n) is 11.8. The monoisotopic (exact) mass is 269 g/mol. The number of nitrogens with zero attached hydrogens (tertiary/aromatic N) is 3. The van der Waals surface area contributed by atoms with E-state index in [-0.39, 0.29) is 5.82 Å². The minimum absolute atomic E-state index is 0.259. The molecule has 1 heterocycles. The Labute approximate surface area is 118 Å². The van der Waals surface area contributed by atoms with Crippen LogP contribution in [0.2, 0.25) is 0 Å². The largest absolute Gasteiger partial charge is 0.354 e. The lowest BCUT2D eigenvalue weighted by molar-refractivity contribution is 0.625. The summed E-state index contributed by atoms with van der Waals surface area (Å²) in [6.07, 6.45) is 0. The van der Waals surface area contributed by atoms with Gasteiger partial charge in [0, 0.05) is 19.3 Å². The van der Waals surface area contributed by atoms with Gasteiger partial charge < -0.3 is 4.90 Å². The molecular formula is C16H16FN3. The summed E-state index contributed by atoms with van der Waals surface area (Å²) >= 11 is 0. The first kappa shape index (κ1) is 14.0. The van der Waals surface area contributed by atoms with Gasteiger partial charge in [0.15, 0.2) is 0 Å². The number of halogens is 1. The van der Waals surface area contributed by atoms with Gasteiger partial charge in [0.05, 0.1) is 5.56 Å². The van der Waals surface area contributed by atoms with E-state index in [0.29, 0.717) is 17.9 Å². The summed E-state index contributed by atoms with van der Waals surface area (Å²) in [4.78, 5) is 6.30. The van der Waals surface area contributed by atoms with Gasteiger partial charge in [-0.2, -0.15) is 5.26 Å². The van der Waals surface area contributed by atoms with Gasteiger partial charge in [-0.05, 0) is 43.2 Å². The van der Waals surface area contributed by atoms with E-state index < -0.39 is 0 Å². The molecule has 2 aromatic rings. The minimum Gasteiger partial charge on any atom is -0.354 e. The zero-order chi connectivity index (χ0) is 14.7. The summed E-state index contributed by atoms with van der Waals surface area (Å²) in [7, 11) is 1.85. The number of hydrogen-bond acceptors (Lipinski definition) is 3. The predicted octanol–water partition coefficient (Wildman–Crippen LogP) is 3.35. The quantitative estimate of drug-likeness (QED) is 0.858.